The van der Waals surface area contributed by atoms with Gasteiger partial charge in [0.1, 0.15) is 5.76 Å². The van der Waals surface area contributed by atoms with Crippen LogP contribution in [0, 0.1) is 11.8 Å². The molecule has 1 N–H and O–H groups in total. The van der Waals surface area contributed by atoms with Crippen molar-refractivity contribution in [1.29, 1.82) is 0 Å². The molecule has 9 nitrogen and oxygen atoms in total. The molecule has 0 saturated carbocycles. The molecular weight excluding hydrogens is 432 g/mol. The van der Waals surface area contributed by atoms with Crippen LogP contribution in [0.4, 0.5) is 0 Å². The van der Waals surface area contributed by atoms with E-state index >= 15 is 0 Å². The lowest BCUT2D eigenvalue weighted by molar-refractivity contribution is -0.200. The Labute approximate surface area is 191 Å². The second-order valence-corrected chi connectivity index (χ2v) is 8.99. The van der Waals surface area contributed by atoms with E-state index in [1.165, 1.54) is 26.0 Å². The van der Waals surface area contributed by atoms with E-state index in [0.717, 1.165) is 0 Å². The molecule has 178 valence electrons. The molecule has 1 fully saturated rings. The first-order chi connectivity index (χ1) is 15.4. The first-order valence-corrected chi connectivity index (χ1v) is 10.6. The monoisotopic (exact) mass is 460 g/mol. The molecule has 0 radical (unpaired) electrons. The number of carbonyl (C=O) groups excluding carboxylic acids is 4. The molecule has 0 amide bonds. The topological polar surface area (TPSA) is 125 Å². The number of esters is 2. The van der Waals surface area contributed by atoms with Crippen molar-refractivity contribution in [3.8, 4) is 0 Å². The molecule has 0 aromatic heterocycles. The summed E-state index contributed by atoms with van der Waals surface area (Å²) in [6, 6.07) is 0. The third kappa shape index (κ3) is 4.50. The Kier molecular flexibility index (Phi) is 6.65. The predicted molar refractivity (Wildman–Crippen MR) is 114 cm³/mol. The van der Waals surface area contributed by atoms with E-state index in [9.17, 15) is 24.3 Å². The normalized spacial score (nSPS) is 32.4. The summed E-state index contributed by atoms with van der Waals surface area (Å²) in [5.74, 6) is -3.76. The summed E-state index contributed by atoms with van der Waals surface area (Å²) in [5, 5.41) is 9.90. The molecule has 33 heavy (non-hydrogen) atoms. The molecule has 3 heterocycles. The molecule has 2 bridgehead atoms. The largest absolute Gasteiger partial charge is 0.482 e. The van der Waals surface area contributed by atoms with Crippen LogP contribution in [0.1, 0.15) is 34.1 Å². The minimum atomic E-state index is -1.80. The van der Waals surface area contributed by atoms with E-state index in [1.807, 2.05) is 13.8 Å². The van der Waals surface area contributed by atoms with Crippen LogP contribution in [-0.2, 0) is 38.1 Å². The van der Waals surface area contributed by atoms with Gasteiger partial charge in [0, 0.05) is 23.6 Å². The molecule has 0 unspecified atom stereocenters. The summed E-state index contributed by atoms with van der Waals surface area (Å²) in [7, 11) is 0. The summed E-state index contributed by atoms with van der Waals surface area (Å²) in [6.07, 6.45) is -1.47. The van der Waals surface area contributed by atoms with Crippen molar-refractivity contribution in [1.82, 2.24) is 0 Å². The van der Waals surface area contributed by atoms with Gasteiger partial charge in [-0.1, -0.05) is 33.1 Å². The maximum absolute atomic E-state index is 13.1. The van der Waals surface area contributed by atoms with E-state index in [-0.39, 0.29) is 35.0 Å². The summed E-state index contributed by atoms with van der Waals surface area (Å²) in [6.45, 7) is 13.1. The van der Waals surface area contributed by atoms with Crippen LogP contribution >= 0.6 is 0 Å². The Morgan fingerprint density at radius 3 is 2.52 bits per heavy atom. The fourth-order valence-corrected chi connectivity index (χ4v) is 3.97. The van der Waals surface area contributed by atoms with Gasteiger partial charge in [-0.2, -0.15) is 0 Å². The van der Waals surface area contributed by atoms with E-state index in [2.05, 4.69) is 13.2 Å². The summed E-state index contributed by atoms with van der Waals surface area (Å²) in [4.78, 5) is 51.1. The number of rotatable bonds is 6. The Morgan fingerprint density at radius 2 is 1.94 bits per heavy atom. The third-order valence-corrected chi connectivity index (χ3v) is 5.74. The fourth-order valence-electron chi connectivity index (χ4n) is 3.97. The maximum Gasteiger partial charge on any atom is 0.333 e. The van der Waals surface area contributed by atoms with Crippen molar-refractivity contribution >= 4 is 23.5 Å². The minimum absolute atomic E-state index is 0.0307. The quantitative estimate of drug-likeness (QED) is 0.466. The summed E-state index contributed by atoms with van der Waals surface area (Å²) < 4.78 is 22.9. The van der Waals surface area contributed by atoms with Gasteiger partial charge in [0.05, 0.1) is 12.5 Å². The van der Waals surface area contributed by atoms with Crippen LogP contribution in [0.25, 0.3) is 0 Å². The number of Topliss-reactive ketones (excluding diaryl/α,β-unsaturated/α-hetero) is 1. The van der Waals surface area contributed by atoms with Gasteiger partial charge in [-0.15, -0.1) is 0 Å². The van der Waals surface area contributed by atoms with E-state index < -0.39 is 59.9 Å². The molecule has 0 spiro atoms. The van der Waals surface area contributed by atoms with Crippen LogP contribution in [0.15, 0.2) is 48.0 Å². The van der Waals surface area contributed by atoms with Crippen molar-refractivity contribution < 1.29 is 43.2 Å². The number of hydrogen-bond donors (Lipinski definition) is 1. The third-order valence-electron chi connectivity index (χ3n) is 5.74. The number of fused-ring (bicyclic) bond motifs is 3. The summed E-state index contributed by atoms with van der Waals surface area (Å²) in [5.41, 5.74) is -1.58. The molecule has 0 aromatic rings. The Balaban J connectivity index is 2.19. The smallest absolute Gasteiger partial charge is 0.333 e. The first kappa shape index (κ1) is 24.4. The number of aliphatic hydroxyl groups excluding tert-OH is 1. The van der Waals surface area contributed by atoms with Gasteiger partial charge in [-0.25, -0.2) is 4.79 Å². The second kappa shape index (κ2) is 8.97. The molecule has 1 saturated heterocycles. The minimum Gasteiger partial charge on any atom is -0.482 e. The van der Waals surface area contributed by atoms with Gasteiger partial charge >= 0.3 is 11.9 Å². The van der Waals surface area contributed by atoms with Gasteiger partial charge in [0.15, 0.2) is 24.1 Å². The van der Waals surface area contributed by atoms with Gasteiger partial charge in [-0.05, 0) is 19.8 Å². The number of aliphatic hydroxyl groups is 1. The van der Waals surface area contributed by atoms with Crippen molar-refractivity contribution in [2.45, 2.75) is 58.0 Å². The van der Waals surface area contributed by atoms with Crippen LogP contribution in [0.5, 0.6) is 0 Å². The Hall–Kier alpha value is -3.20. The SMILES string of the molecule is C=C(C)C(=O)O[C@H]1[C@H]2OC(=C)C(=O)[C@H]2/C=C(\CO)C2=CC(=O)[C@](C)(O2)[C@@H]1OC(=O)CC(C)C. The molecule has 3 rings (SSSR count). The fraction of sp³-hybridized carbons (Fsp3) is 0.500. The zero-order valence-corrected chi connectivity index (χ0v) is 19.1. The molecule has 0 aliphatic carbocycles. The van der Waals surface area contributed by atoms with Crippen molar-refractivity contribution in [2.75, 3.05) is 6.61 Å². The highest BCUT2D eigenvalue weighted by Gasteiger charge is 2.60. The molecule has 3 aliphatic heterocycles. The Bertz CT molecular complexity index is 986. The van der Waals surface area contributed by atoms with Gasteiger partial charge in [-0.3, -0.25) is 14.4 Å². The van der Waals surface area contributed by atoms with Crippen molar-refractivity contribution in [3.05, 3.63) is 48.0 Å². The highest BCUT2D eigenvalue weighted by atomic mass is 16.6. The zero-order chi connectivity index (χ0) is 24.7. The average Bonchev–Trinajstić information content (AvgIpc) is 3.18. The van der Waals surface area contributed by atoms with Crippen LogP contribution in [0.2, 0.25) is 0 Å². The van der Waals surface area contributed by atoms with Gasteiger partial charge in [0.2, 0.25) is 17.2 Å². The van der Waals surface area contributed by atoms with E-state index in [4.69, 9.17) is 18.9 Å². The molecule has 0 aromatic carbocycles. The first-order valence-electron chi connectivity index (χ1n) is 10.6. The maximum atomic E-state index is 13.1. The van der Waals surface area contributed by atoms with E-state index in [1.54, 1.807) is 0 Å². The lowest BCUT2D eigenvalue weighted by atomic mass is 9.83. The summed E-state index contributed by atoms with van der Waals surface area (Å²) >= 11 is 0. The number of ether oxygens (including phenoxy) is 4. The zero-order valence-electron chi connectivity index (χ0n) is 19.1. The molecule has 3 aliphatic rings. The lowest BCUT2D eigenvalue weighted by Crippen LogP contribution is -2.59. The second-order valence-electron chi connectivity index (χ2n) is 8.99. The van der Waals surface area contributed by atoms with Crippen molar-refractivity contribution in [2.24, 2.45) is 11.8 Å². The standard InChI is InChI=1S/C24H28O9/c1-11(2)7-18(27)31-22-21(32-23(29)12(3)4)20-15(19(28)13(5)30-20)8-14(10-25)16-9-17(26)24(22,6)33-16/h8-9,11,15,20-22,25H,3,5,7,10H2,1-2,4,6H3/b14-8+/t15-,20+,21+,22-,24+/m1/s1. The van der Waals surface area contributed by atoms with Crippen molar-refractivity contribution in [3.63, 3.8) is 0 Å². The van der Waals surface area contributed by atoms with E-state index in [0.29, 0.717) is 0 Å². The number of ketones is 2. The van der Waals surface area contributed by atoms with Crippen LogP contribution < -0.4 is 0 Å². The predicted octanol–water partition coefficient (Wildman–Crippen LogP) is 1.70. The highest BCUT2D eigenvalue weighted by molar-refractivity contribution is 6.02. The number of allylic oxidation sites excluding steroid dienone is 1. The number of carbonyl (C=O) groups is 4. The van der Waals surface area contributed by atoms with Gasteiger partial charge < -0.3 is 24.1 Å². The molecule has 9 heteroatoms. The highest BCUT2D eigenvalue weighted by Crippen LogP contribution is 2.42. The molecular formula is C24H28O9. The number of hydrogen-bond acceptors (Lipinski definition) is 9. The average molecular weight is 460 g/mol. The van der Waals surface area contributed by atoms with Crippen LogP contribution in [-0.4, -0.2) is 59.1 Å². The Morgan fingerprint density at radius 1 is 1.27 bits per heavy atom. The molecule has 5 atom stereocenters. The van der Waals surface area contributed by atoms with Crippen LogP contribution in [0.3, 0.4) is 0 Å². The lowest BCUT2D eigenvalue weighted by Gasteiger charge is -2.38. The van der Waals surface area contributed by atoms with Gasteiger partial charge in [0.25, 0.3) is 0 Å².